The second kappa shape index (κ2) is 7.60. The number of amides is 1. The fourth-order valence-corrected chi connectivity index (χ4v) is 2.06. The quantitative estimate of drug-likeness (QED) is 0.883. The van der Waals surface area contributed by atoms with Gasteiger partial charge in [0.1, 0.15) is 0 Å². The predicted molar refractivity (Wildman–Crippen MR) is 84.2 cm³/mol. The van der Waals surface area contributed by atoms with Crippen LogP contribution in [0.1, 0.15) is 28.4 Å². The molecule has 0 saturated heterocycles. The molecule has 2 aromatic carbocycles. The molecule has 110 valence electrons. The zero-order chi connectivity index (χ0) is 15.1. The van der Waals surface area contributed by atoms with Crippen molar-refractivity contribution in [3.05, 3.63) is 71.3 Å². The van der Waals surface area contributed by atoms with E-state index in [9.17, 15) is 4.79 Å². The van der Waals surface area contributed by atoms with E-state index in [1.54, 1.807) is 0 Å². The van der Waals surface area contributed by atoms with Crippen molar-refractivity contribution < 1.29 is 9.53 Å². The Morgan fingerprint density at radius 3 is 2.62 bits per heavy atom. The summed E-state index contributed by atoms with van der Waals surface area (Å²) in [5.74, 6) is -0.0606. The summed E-state index contributed by atoms with van der Waals surface area (Å²) in [6, 6.07) is 17.5. The molecule has 0 heterocycles. The lowest BCUT2D eigenvalue weighted by Crippen LogP contribution is -2.35. The van der Waals surface area contributed by atoms with Crippen molar-refractivity contribution in [3.63, 3.8) is 0 Å². The smallest absolute Gasteiger partial charge is 0.251 e. The molecule has 0 aromatic heterocycles. The van der Waals surface area contributed by atoms with Gasteiger partial charge in [-0.3, -0.25) is 4.79 Å². The van der Waals surface area contributed by atoms with E-state index < -0.39 is 0 Å². The summed E-state index contributed by atoms with van der Waals surface area (Å²) in [5, 5.41) is 2.95. The normalized spacial score (nSPS) is 11.9. The Bertz CT molecular complexity index is 581. The summed E-state index contributed by atoms with van der Waals surface area (Å²) >= 11 is 0. The minimum absolute atomic E-state index is 0.0262. The van der Waals surface area contributed by atoms with E-state index in [1.165, 1.54) is 0 Å². The fourth-order valence-electron chi connectivity index (χ4n) is 2.06. The van der Waals surface area contributed by atoms with Gasteiger partial charge in [0.25, 0.3) is 5.91 Å². The first kappa shape index (κ1) is 15.3. The molecule has 0 aliphatic carbocycles. The Balaban J connectivity index is 1.76. The number of benzene rings is 2. The third-order valence-electron chi connectivity index (χ3n) is 3.14. The molecule has 0 spiro atoms. The average Bonchev–Trinajstić information content (AvgIpc) is 2.48. The Morgan fingerprint density at radius 1 is 1.14 bits per heavy atom. The third-order valence-corrected chi connectivity index (χ3v) is 3.14. The number of aryl methyl sites for hydroxylation is 1. The van der Waals surface area contributed by atoms with Gasteiger partial charge in [-0.1, -0.05) is 48.0 Å². The van der Waals surface area contributed by atoms with Crippen LogP contribution in [0.25, 0.3) is 0 Å². The maximum Gasteiger partial charge on any atom is 0.251 e. The highest BCUT2D eigenvalue weighted by Gasteiger charge is 2.09. The molecular weight excluding hydrogens is 262 g/mol. The Hall–Kier alpha value is -2.13. The van der Waals surface area contributed by atoms with E-state index in [-0.39, 0.29) is 11.9 Å². The molecule has 21 heavy (non-hydrogen) atoms. The lowest BCUT2D eigenvalue weighted by atomic mass is 10.1. The van der Waals surface area contributed by atoms with Crippen molar-refractivity contribution in [3.8, 4) is 0 Å². The predicted octanol–water partition coefficient (Wildman–Crippen LogP) is 3.33. The van der Waals surface area contributed by atoms with Gasteiger partial charge in [0.2, 0.25) is 0 Å². The summed E-state index contributed by atoms with van der Waals surface area (Å²) in [5.41, 5.74) is 2.90. The number of carbonyl (C=O) groups is 1. The van der Waals surface area contributed by atoms with Gasteiger partial charge in [0.15, 0.2) is 0 Å². The number of hydrogen-bond donors (Lipinski definition) is 1. The van der Waals surface area contributed by atoms with Crippen LogP contribution < -0.4 is 5.32 Å². The molecule has 2 rings (SSSR count). The van der Waals surface area contributed by atoms with Crippen LogP contribution in [0.2, 0.25) is 0 Å². The number of rotatable bonds is 6. The fraction of sp³-hybridized carbons (Fsp3) is 0.278. The third kappa shape index (κ3) is 5.04. The largest absolute Gasteiger partial charge is 0.375 e. The van der Waals surface area contributed by atoms with Crippen LogP contribution in [0.5, 0.6) is 0 Å². The van der Waals surface area contributed by atoms with Gasteiger partial charge >= 0.3 is 0 Å². The van der Waals surface area contributed by atoms with Crippen molar-refractivity contribution in [1.82, 2.24) is 5.32 Å². The highest BCUT2D eigenvalue weighted by Crippen LogP contribution is 2.05. The summed E-state index contributed by atoms with van der Waals surface area (Å²) in [7, 11) is 0. The molecule has 0 aliphatic rings. The molecule has 0 fully saturated rings. The topological polar surface area (TPSA) is 38.3 Å². The highest BCUT2D eigenvalue weighted by molar-refractivity contribution is 5.94. The van der Waals surface area contributed by atoms with Crippen molar-refractivity contribution >= 4 is 5.91 Å². The molecular formula is C18H21NO2. The van der Waals surface area contributed by atoms with Crippen molar-refractivity contribution in [1.29, 1.82) is 0 Å². The second-order valence-corrected chi connectivity index (χ2v) is 5.24. The van der Waals surface area contributed by atoms with Crippen LogP contribution in [0.15, 0.2) is 54.6 Å². The minimum atomic E-state index is -0.0606. The van der Waals surface area contributed by atoms with E-state index in [4.69, 9.17) is 4.74 Å². The molecule has 0 saturated carbocycles. The zero-order valence-corrected chi connectivity index (χ0v) is 12.5. The van der Waals surface area contributed by atoms with Gasteiger partial charge in [-0.15, -0.1) is 0 Å². The summed E-state index contributed by atoms with van der Waals surface area (Å²) in [6.45, 7) is 4.97. The van der Waals surface area contributed by atoms with Gasteiger partial charge < -0.3 is 10.1 Å². The van der Waals surface area contributed by atoms with E-state index in [1.807, 2.05) is 68.4 Å². The van der Waals surface area contributed by atoms with Gasteiger partial charge in [-0.25, -0.2) is 0 Å². The van der Waals surface area contributed by atoms with Crippen LogP contribution in [-0.4, -0.2) is 18.6 Å². The standard InChI is InChI=1S/C18H21NO2/c1-14-7-6-10-17(11-14)18(20)19-15(2)12-21-13-16-8-4-3-5-9-16/h3-11,15H,12-13H2,1-2H3,(H,19,20). The Kier molecular flexibility index (Phi) is 5.52. The molecule has 1 amide bonds. The molecule has 0 bridgehead atoms. The maximum absolute atomic E-state index is 12.1. The zero-order valence-electron chi connectivity index (χ0n) is 12.5. The van der Waals surface area contributed by atoms with Gasteiger partial charge in [-0.2, -0.15) is 0 Å². The monoisotopic (exact) mass is 283 g/mol. The summed E-state index contributed by atoms with van der Waals surface area (Å²) in [4.78, 5) is 12.1. The van der Waals surface area contributed by atoms with Gasteiger partial charge in [0.05, 0.1) is 13.2 Å². The van der Waals surface area contributed by atoms with Gasteiger partial charge in [0, 0.05) is 11.6 Å². The van der Waals surface area contributed by atoms with Crippen molar-refractivity contribution in [2.75, 3.05) is 6.61 Å². The molecule has 2 aromatic rings. The number of ether oxygens (including phenoxy) is 1. The van der Waals surface area contributed by atoms with Crippen LogP contribution in [0.3, 0.4) is 0 Å². The van der Waals surface area contributed by atoms with Crippen molar-refractivity contribution in [2.24, 2.45) is 0 Å². The van der Waals surface area contributed by atoms with E-state index in [2.05, 4.69) is 5.32 Å². The highest BCUT2D eigenvalue weighted by atomic mass is 16.5. The molecule has 3 nitrogen and oxygen atoms in total. The van der Waals surface area contributed by atoms with Gasteiger partial charge in [-0.05, 0) is 31.5 Å². The van der Waals surface area contributed by atoms with Crippen LogP contribution >= 0.6 is 0 Å². The number of carbonyl (C=O) groups excluding carboxylic acids is 1. The molecule has 1 unspecified atom stereocenters. The van der Waals surface area contributed by atoms with Crippen LogP contribution in [0.4, 0.5) is 0 Å². The minimum Gasteiger partial charge on any atom is -0.375 e. The Morgan fingerprint density at radius 2 is 1.90 bits per heavy atom. The maximum atomic E-state index is 12.1. The first-order valence-corrected chi connectivity index (χ1v) is 7.14. The number of hydrogen-bond acceptors (Lipinski definition) is 2. The van der Waals surface area contributed by atoms with Crippen LogP contribution in [-0.2, 0) is 11.3 Å². The van der Waals surface area contributed by atoms with Crippen molar-refractivity contribution in [2.45, 2.75) is 26.5 Å². The second-order valence-electron chi connectivity index (χ2n) is 5.24. The molecule has 1 atom stereocenters. The Labute approximate surface area is 126 Å². The first-order valence-electron chi connectivity index (χ1n) is 7.14. The lowest BCUT2D eigenvalue weighted by Gasteiger charge is -2.14. The molecule has 3 heteroatoms. The summed E-state index contributed by atoms with van der Waals surface area (Å²) < 4.78 is 5.63. The molecule has 0 aliphatic heterocycles. The van der Waals surface area contributed by atoms with E-state index >= 15 is 0 Å². The first-order chi connectivity index (χ1) is 10.1. The summed E-state index contributed by atoms with van der Waals surface area (Å²) in [6.07, 6.45) is 0. The molecule has 1 N–H and O–H groups in total. The van der Waals surface area contributed by atoms with Crippen LogP contribution in [0, 0.1) is 6.92 Å². The lowest BCUT2D eigenvalue weighted by molar-refractivity contribution is 0.0820. The van der Waals surface area contributed by atoms with E-state index in [0.717, 1.165) is 11.1 Å². The molecule has 0 radical (unpaired) electrons. The SMILES string of the molecule is Cc1cccc(C(=O)NC(C)COCc2ccccc2)c1. The van der Waals surface area contributed by atoms with E-state index in [0.29, 0.717) is 18.8 Å². The number of nitrogens with one attached hydrogen (secondary N) is 1. The average molecular weight is 283 g/mol.